The zero-order valence-corrected chi connectivity index (χ0v) is 18.6. The highest BCUT2D eigenvalue weighted by atomic mass is 16.5. The number of fused-ring (bicyclic) bond motifs is 1. The molecule has 0 spiro atoms. The molecule has 5 rings (SSSR count). The van der Waals surface area contributed by atoms with Gasteiger partial charge in [0.1, 0.15) is 5.75 Å². The lowest BCUT2D eigenvalue weighted by molar-refractivity contribution is -0.122. The van der Waals surface area contributed by atoms with Crippen LogP contribution >= 0.6 is 0 Å². The van der Waals surface area contributed by atoms with Gasteiger partial charge in [-0.2, -0.15) is 0 Å². The summed E-state index contributed by atoms with van der Waals surface area (Å²) in [5.41, 5.74) is 2.64. The molecular weight excluding hydrogens is 410 g/mol. The van der Waals surface area contributed by atoms with E-state index in [1.54, 1.807) is 6.07 Å². The molecule has 1 saturated heterocycles. The smallest absolute Gasteiger partial charge is 0.238 e. The fraction of sp³-hybridized carbons (Fsp3) is 0.241. The van der Waals surface area contributed by atoms with Crippen LogP contribution in [0.2, 0.25) is 0 Å². The van der Waals surface area contributed by atoms with Crippen LogP contribution in [0.4, 0.5) is 5.69 Å². The van der Waals surface area contributed by atoms with E-state index in [2.05, 4.69) is 12.2 Å². The molecule has 1 aliphatic heterocycles. The largest absolute Gasteiger partial charge is 0.491 e. The number of hydrogen-bond acceptors (Lipinski definition) is 3. The lowest BCUT2D eigenvalue weighted by atomic mass is 9.68. The first-order valence-corrected chi connectivity index (χ1v) is 11.6. The Morgan fingerprint density at radius 1 is 0.697 bits per heavy atom. The van der Waals surface area contributed by atoms with Crippen molar-refractivity contribution < 1.29 is 14.3 Å². The molecule has 1 aliphatic carbocycles. The third-order valence-electron chi connectivity index (χ3n) is 6.63. The van der Waals surface area contributed by atoms with E-state index in [0.717, 1.165) is 17.5 Å². The topological polar surface area (TPSA) is 46.6 Å². The van der Waals surface area contributed by atoms with E-state index < -0.39 is 11.8 Å². The number of imide groups is 1. The van der Waals surface area contributed by atoms with E-state index in [1.807, 2.05) is 85.8 Å². The lowest BCUT2D eigenvalue weighted by Gasteiger charge is -2.32. The predicted octanol–water partition coefficient (Wildman–Crippen LogP) is 5.72. The van der Waals surface area contributed by atoms with Gasteiger partial charge in [-0.15, -0.1) is 0 Å². The summed E-state index contributed by atoms with van der Waals surface area (Å²) in [5, 5.41) is 0. The molecule has 4 atom stereocenters. The van der Waals surface area contributed by atoms with E-state index in [4.69, 9.17) is 4.74 Å². The van der Waals surface area contributed by atoms with Crippen molar-refractivity contribution in [3.05, 3.63) is 108 Å². The molecular formula is C29H27NO3. The Kier molecular flexibility index (Phi) is 5.82. The van der Waals surface area contributed by atoms with E-state index in [-0.39, 0.29) is 23.7 Å². The Hall–Kier alpha value is -3.66. The summed E-state index contributed by atoms with van der Waals surface area (Å²) >= 11 is 0. The monoisotopic (exact) mass is 437 g/mol. The van der Waals surface area contributed by atoms with Gasteiger partial charge in [-0.1, -0.05) is 91.9 Å². The van der Waals surface area contributed by atoms with Gasteiger partial charge in [-0.25, -0.2) is 4.90 Å². The Balaban J connectivity index is 1.61. The molecule has 0 unspecified atom stereocenters. The second-order valence-corrected chi connectivity index (χ2v) is 8.64. The molecule has 0 radical (unpaired) electrons. The van der Waals surface area contributed by atoms with Crippen molar-refractivity contribution >= 4 is 17.5 Å². The standard InChI is InChI=1S/C29H27NO3/c1-2-19-33-25-16-10-9-15-24(25)30-28(31)26-22(20-11-5-3-6-12-20)17-18-23(27(26)29(30)32)21-13-7-4-8-14-21/h3-18,22-23,26-27H,2,19H2,1H3/t22-,23+,26-,27-/m0/s1. The highest BCUT2D eigenvalue weighted by molar-refractivity contribution is 6.23. The number of para-hydroxylation sites is 2. The molecule has 1 fully saturated rings. The number of carbonyl (C=O) groups excluding carboxylic acids is 2. The minimum Gasteiger partial charge on any atom is -0.491 e. The summed E-state index contributed by atoms with van der Waals surface area (Å²) in [5.74, 6) is -0.972. The fourth-order valence-corrected chi connectivity index (χ4v) is 5.15. The number of hydrogen-bond donors (Lipinski definition) is 0. The zero-order valence-electron chi connectivity index (χ0n) is 18.6. The third kappa shape index (κ3) is 3.76. The van der Waals surface area contributed by atoms with E-state index in [1.165, 1.54) is 4.90 Å². The Bertz CT molecular complexity index is 1100. The van der Waals surface area contributed by atoms with Crippen LogP contribution in [0.25, 0.3) is 0 Å². The van der Waals surface area contributed by atoms with Crippen molar-refractivity contribution in [1.82, 2.24) is 0 Å². The number of nitrogens with zero attached hydrogens (tertiary/aromatic N) is 1. The van der Waals surface area contributed by atoms with E-state index >= 15 is 0 Å². The van der Waals surface area contributed by atoms with Crippen molar-refractivity contribution in [3.8, 4) is 5.75 Å². The number of ether oxygens (including phenoxy) is 1. The zero-order chi connectivity index (χ0) is 22.8. The molecule has 3 aromatic carbocycles. The van der Waals surface area contributed by atoms with Crippen LogP contribution in [-0.4, -0.2) is 18.4 Å². The first kappa shape index (κ1) is 21.2. The summed E-state index contributed by atoms with van der Waals surface area (Å²) in [6.07, 6.45) is 5.07. The normalized spacial score (nSPS) is 24.1. The third-order valence-corrected chi connectivity index (χ3v) is 6.63. The summed E-state index contributed by atoms with van der Waals surface area (Å²) < 4.78 is 5.91. The SMILES string of the molecule is CCCOc1ccccc1N1C(=O)[C@@H]2[C@@H](C1=O)[C@H](c1ccccc1)C=C[C@@H]2c1ccccc1. The Morgan fingerprint density at radius 3 is 1.70 bits per heavy atom. The van der Waals surface area contributed by atoms with Gasteiger partial charge in [0, 0.05) is 11.8 Å². The van der Waals surface area contributed by atoms with Gasteiger partial charge in [0.15, 0.2) is 0 Å². The quantitative estimate of drug-likeness (QED) is 0.366. The van der Waals surface area contributed by atoms with Crippen molar-refractivity contribution in [1.29, 1.82) is 0 Å². The molecule has 0 aromatic heterocycles. The molecule has 3 aromatic rings. The van der Waals surface area contributed by atoms with Crippen LogP contribution in [-0.2, 0) is 9.59 Å². The van der Waals surface area contributed by atoms with Crippen molar-refractivity contribution in [2.24, 2.45) is 11.8 Å². The molecule has 4 nitrogen and oxygen atoms in total. The lowest BCUT2D eigenvalue weighted by Crippen LogP contribution is -2.32. The first-order valence-electron chi connectivity index (χ1n) is 11.6. The van der Waals surface area contributed by atoms with Gasteiger partial charge < -0.3 is 4.74 Å². The van der Waals surface area contributed by atoms with Gasteiger partial charge in [-0.3, -0.25) is 9.59 Å². The maximum absolute atomic E-state index is 14.0. The van der Waals surface area contributed by atoms with Gasteiger partial charge >= 0.3 is 0 Å². The van der Waals surface area contributed by atoms with Crippen LogP contribution in [0.5, 0.6) is 5.75 Å². The highest BCUT2D eigenvalue weighted by Crippen LogP contribution is 2.51. The number of allylic oxidation sites excluding steroid dienone is 2. The molecule has 4 heteroatoms. The van der Waals surface area contributed by atoms with Gasteiger partial charge in [-0.05, 0) is 29.7 Å². The maximum Gasteiger partial charge on any atom is 0.238 e. The molecule has 1 heterocycles. The molecule has 2 amide bonds. The summed E-state index contributed by atoms with van der Waals surface area (Å²) in [7, 11) is 0. The van der Waals surface area contributed by atoms with Crippen LogP contribution in [0.1, 0.15) is 36.3 Å². The molecule has 2 aliphatic rings. The molecule has 33 heavy (non-hydrogen) atoms. The number of carbonyl (C=O) groups is 2. The van der Waals surface area contributed by atoms with Gasteiger partial charge in [0.2, 0.25) is 11.8 Å². The first-order chi connectivity index (χ1) is 16.2. The van der Waals surface area contributed by atoms with E-state index in [9.17, 15) is 9.59 Å². The number of benzene rings is 3. The maximum atomic E-state index is 14.0. The average Bonchev–Trinajstić information content (AvgIpc) is 3.14. The number of anilines is 1. The summed E-state index contributed by atoms with van der Waals surface area (Å²) in [4.78, 5) is 29.3. The second kappa shape index (κ2) is 9.07. The number of amides is 2. The minimum atomic E-state index is -0.464. The van der Waals surface area contributed by atoms with Crippen molar-refractivity contribution in [2.45, 2.75) is 25.2 Å². The fourth-order valence-electron chi connectivity index (χ4n) is 5.15. The van der Waals surface area contributed by atoms with Crippen LogP contribution < -0.4 is 9.64 Å². The van der Waals surface area contributed by atoms with Crippen LogP contribution in [0.3, 0.4) is 0 Å². The molecule has 0 bridgehead atoms. The molecule has 166 valence electrons. The number of rotatable bonds is 6. The highest BCUT2D eigenvalue weighted by Gasteiger charge is 2.55. The van der Waals surface area contributed by atoms with Crippen molar-refractivity contribution in [2.75, 3.05) is 11.5 Å². The Morgan fingerprint density at radius 2 is 1.18 bits per heavy atom. The summed E-state index contributed by atoms with van der Waals surface area (Å²) in [6, 6.07) is 27.3. The average molecular weight is 438 g/mol. The van der Waals surface area contributed by atoms with Crippen molar-refractivity contribution in [3.63, 3.8) is 0 Å². The summed E-state index contributed by atoms with van der Waals surface area (Å²) in [6.45, 7) is 2.56. The molecule has 0 saturated carbocycles. The van der Waals surface area contributed by atoms with Gasteiger partial charge in [0.25, 0.3) is 0 Å². The Labute approximate surface area is 194 Å². The van der Waals surface area contributed by atoms with E-state index in [0.29, 0.717) is 18.0 Å². The minimum absolute atomic E-state index is 0.152. The second-order valence-electron chi connectivity index (χ2n) is 8.64. The van der Waals surface area contributed by atoms with Crippen LogP contribution in [0.15, 0.2) is 97.1 Å². The molecule has 0 N–H and O–H groups in total. The van der Waals surface area contributed by atoms with Gasteiger partial charge in [0.05, 0.1) is 24.1 Å². The van der Waals surface area contributed by atoms with Crippen LogP contribution in [0, 0.1) is 11.8 Å². The predicted molar refractivity (Wildman–Crippen MR) is 129 cm³/mol.